The highest BCUT2D eigenvalue weighted by Crippen LogP contribution is 2.28. The summed E-state index contributed by atoms with van der Waals surface area (Å²) in [5.74, 6) is -0.0524. The zero-order chi connectivity index (χ0) is 25.4. The van der Waals surface area contributed by atoms with Crippen LogP contribution in [0.4, 0.5) is 5.69 Å². The van der Waals surface area contributed by atoms with Gasteiger partial charge in [0.1, 0.15) is 5.75 Å². The SMILES string of the molecule is COc1cc(C=NNC(=O)COc2c(C)cccc2C)ccc1OC(=O)c1ccc([N+](=O)[O-])cc1. The second-order valence-electron chi connectivity index (χ2n) is 7.41. The van der Waals surface area contributed by atoms with Gasteiger partial charge in [-0.1, -0.05) is 18.2 Å². The maximum Gasteiger partial charge on any atom is 0.343 e. The molecule has 10 heteroatoms. The Balaban J connectivity index is 1.58. The summed E-state index contributed by atoms with van der Waals surface area (Å²) < 4.78 is 16.2. The number of rotatable bonds is 9. The summed E-state index contributed by atoms with van der Waals surface area (Å²) in [6.45, 7) is 3.61. The molecule has 0 unspecified atom stereocenters. The van der Waals surface area contributed by atoms with Gasteiger partial charge in [0.15, 0.2) is 18.1 Å². The molecule has 0 saturated carbocycles. The van der Waals surface area contributed by atoms with Gasteiger partial charge in [-0.25, -0.2) is 10.2 Å². The summed E-state index contributed by atoms with van der Waals surface area (Å²) in [5, 5.41) is 14.7. The molecule has 3 aromatic carbocycles. The van der Waals surface area contributed by atoms with Gasteiger partial charge in [-0.05, 0) is 60.9 Å². The Kier molecular flexibility index (Phi) is 8.12. The number of methoxy groups -OCH3 is 1. The van der Waals surface area contributed by atoms with E-state index in [0.717, 1.165) is 11.1 Å². The van der Waals surface area contributed by atoms with Gasteiger partial charge in [0, 0.05) is 12.1 Å². The van der Waals surface area contributed by atoms with E-state index in [1.807, 2.05) is 32.0 Å². The number of nitrogens with zero attached hydrogens (tertiary/aromatic N) is 2. The molecule has 0 aromatic heterocycles. The summed E-state index contributed by atoms with van der Waals surface area (Å²) in [7, 11) is 1.41. The molecular formula is C25H23N3O7. The third kappa shape index (κ3) is 6.64. The highest BCUT2D eigenvalue weighted by atomic mass is 16.6. The number of esters is 1. The number of hydrogen-bond donors (Lipinski definition) is 1. The molecule has 0 saturated heterocycles. The number of carbonyl (C=O) groups excluding carboxylic acids is 2. The number of hydrogen-bond acceptors (Lipinski definition) is 8. The quantitative estimate of drug-likeness (QED) is 0.162. The number of non-ortho nitro benzene ring substituents is 1. The Morgan fingerprint density at radius 3 is 2.34 bits per heavy atom. The van der Waals surface area contributed by atoms with Crippen LogP contribution in [0.1, 0.15) is 27.0 Å². The van der Waals surface area contributed by atoms with E-state index in [2.05, 4.69) is 10.5 Å². The summed E-state index contributed by atoms with van der Waals surface area (Å²) in [4.78, 5) is 34.6. The fourth-order valence-electron chi connectivity index (χ4n) is 3.10. The van der Waals surface area contributed by atoms with Crippen LogP contribution < -0.4 is 19.6 Å². The van der Waals surface area contributed by atoms with Crippen molar-refractivity contribution in [3.05, 3.63) is 93.0 Å². The lowest BCUT2D eigenvalue weighted by molar-refractivity contribution is -0.384. The lowest BCUT2D eigenvalue weighted by Crippen LogP contribution is -2.25. The molecule has 0 heterocycles. The molecule has 0 spiro atoms. The van der Waals surface area contributed by atoms with Gasteiger partial charge < -0.3 is 14.2 Å². The second kappa shape index (κ2) is 11.4. The van der Waals surface area contributed by atoms with Crippen LogP contribution in [0.2, 0.25) is 0 Å². The summed E-state index contributed by atoms with van der Waals surface area (Å²) in [5.41, 5.74) is 4.85. The summed E-state index contributed by atoms with van der Waals surface area (Å²) in [6, 6.07) is 15.5. The molecule has 0 fully saturated rings. The molecule has 35 heavy (non-hydrogen) atoms. The minimum absolute atomic E-state index is 0.133. The van der Waals surface area contributed by atoms with E-state index in [0.29, 0.717) is 11.3 Å². The van der Waals surface area contributed by atoms with Crippen LogP contribution in [-0.2, 0) is 4.79 Å². The molecule has 180 valence electrons. The third-order valence-electron chi connectivity index (χ3n) is 4.86. The van der Waals surface area contributed by atoms with Gasteiger partial charge in [0.25, 0.3) is 11.6 Å². The van der Waals surface area contributed by atoms with Crippen molar-refractivity contribution in [2.75, 3.05) is 13.7 Å². The van der Waals surface area contributed by atoms with Crippen LogP contribution in [0.3, 0.4) is 0 Å². The number of nitro benzene ring substituents is 1. The van der Waals surface area contributed by atoms with Crippen LogP contribution in [0.5, 0.6) is 17.2 Å². The highest BCUT2D eigenvalue weighted by molar-refractivity contribution is 5.92. The molecule has 1 amide bonds. The number of hydrazone groups is 1. The predicted molar refractivity (Wildman–Crippen MR) is 128 cm³/mol. The normalized spacial score (nSPS) is 10.6. The van der Waals surface area contributed by atoms with Crippen molar-refractivity contribution in [1.29, 1.82) is 0 Å². The van der Waals surface area contributed by atoms with Gasteiger partial charge in [-0.15, -0.1) is 0 Å². The second-order valence-corrected chi connectivity index (χ2v) is 7.41. The highest BCUT2D eigenvalue weighted by Gasteiger charge is 2.14. The van der Waals surface area contributed by atoms with Crippen molar-refractivity contribution in [2.45, 2.75) is 13.8 Å². The van der Waals surface area contributed by atoms with Crippen LogP contribution >= 0.6 is 0 Å². The fraction of sp³-hybridized carbons (Fsp3) is 0.160. The van der Waals surface area contributed by atoms with Gasteiger partial charge in [-0.2, -0.15) is 5.10 Å². The van der Waals surface area contributed by atoms with E-state index >= 15 is 0 Å². The molecule has 0 aliphatic rings. The monoisotopic (exact) mass is 477 g/mol. The fourth-order valence-corrected chi connectivity index (χ4v) is 3.10. The number of nitrogens with one attached hydrogen (secondary N) is 1. The molecular weight excluding hydrogens is 454 g/mol. The van der Waals surface area contributed by atoms with E-state index in [-0.39, 0.29) is 29.4 Å². The number of benzene rings is 3. The van der Waals surface area contributed by atoms with Crippen molar-refractivity contribution < 1.29 is 28.7 Å². The van der Waals surface area contributed by atoms with Gasteiger partial charge in [0.2, 0.25) is 0 Å². The van der Waals surface area contributed by atoms with Crippen LogP contribution in [0, 0.1) is 24.0 Å². The lowest BCUT2D eigenvalue weighted by Gasteiger charge is -2.11. The maximum absolute atomic E-state index is 12.4. The van der Waals surface area contributed by atoms with E-state index in [1.54, 1.807) is 12.1 Å². The van der Waals surface area contributed by atoms with Crippen molar-refractivity contribution in [1.82, 2.24) is 5.43 Å². The Morgan fingerprint density at radius 2 is 1.71 bits per heavy atom. The first-order valence-corrected chi connectivity index (χ1v) is 10.4. The molecule has 0 atom stereocenters. The number of carbonyl (C=O) groups is 2. The summed E-state index contributed by atoms with van der Waals surface area (Å²) >= 11 is 0. The molecule has 0 aliphatic carbocycles. The van der Waals surface area contributed by atoms with Crippen molar-refractivity contribution in [3.63, 3.8) is 0 Å². The van der Waals surface area contributed by atoms with Gasteiger partial charge in [-0.3, -0.25) is 14.9 Å². The summed E-state index contributed by atoms with van der Waals surface area (Å²) in [6.07, 6.45) is 1.40. The van der Waals surface area contributed by atoms with Gasteiger partial charge in [0.05, 0.1) is 23.8 Å². The van der Waals surface area contributed by atoms with Crippen LogP contribution in [0.15, 0.2) is 65.8 Å². The number of aryl methyl sites for hydroxylation is 2. The zero-order valence-electron chi connectivity index (χ0n) is 19.3. The number of amides is 1. The molecule has 0 aliphatic heterocycles. The molecule has 10 nitrogen and oxygen atoms in total. The smallest absolute Gasteiger partial charge is 0.343 e. The predicted octanol–water partition coefficient (Wildman–Crippen LogP) is 3.97. The van der Waals surface area contributed by atoms with E-state index in [1.165, 1.54) is 43.7 Å². The zero-order valence-corrected chi connectivity index (χ0v) is 19.3. The van der Waals surface area contributed by atoms with Crippen molar-refractivity contribution in [3.8, 4) is 17.2 Å². The first-order chi connectivity index (χ1) is 16.8. The first kappa shape index (κ1) is 24.9. The molecule has 0 radical (unpaired) electrons. The average Bonchev–Trinajstić information content (AvgIpc) is 2.84. The topological polar surface area (TPSA) is 129 Å². The molecule has 3 aromatic rings. The Bertz CT molecular complexity index is 1250. The minimum Gasteiger partial charge on any atom is -0.493 e. The van der Waals surface area contributed by atoms with Crippen molar-refractivity contribution >= 4 is 23.8 Å². The standard InChI is InChI=1S/C25H23N3O7/c1-16-5-4-6-17(2)24(16)34-15-23(29)27-26-14-18-7-12-21(22(13-18)33-3)35-25(30)19-8-10-20(11-9-19)28(31)32/h4-14H,15H2,1-3H3,(H,27,29). The Morgan fingerprint density at radius 1 is 1.03 bits per heavy atom. The van der Waals surface area contributed by atoms with E-state index in [9.17, 15) is 19.7 Å². The Labute approximate surface area is 201 Å². The van der Waals surface area contributed by atoms with Gasteiger partial charge >= 0.3 is 5.97 Å². The number of para-hydroxylation sites is 1. The largest absolute Gasteiger partial charge is 0.493 e. The van der Waals surface area contributed by atoms with E-state index in [4.69, 9.17) is 14.2 Å². The maximum atomic E-state index is 12.4. The lowest BCUT2D eigenvalue weighted by atomic mass is 10.1. The van der Waals surface area contributed by atoms with Crippen LogP contribution in [0.25, 0.3) is 0 Å². The first-order valence-electron chi connectivity index (χ1n) is 10.4. The molecule has 0 bridgehead atoms. The van der Waals surface area contributed by atoms with Crippen molar-refractivity contribution in [2.24, 2.45) is 5.10 Å². The average molecular weight is 477 g/mol. The van der Waals surface area contributed by atoms with Crippen LogP contribution in [-0.4, -0.2) is 36.7 Å². The molecule has 1 N–H and O–H groups in total. The number of nitro groups is 1. The molecule has 3 rings (SSSR count). The third-order valence-corrected chi connectivity index (χ3v) is 4.86. The minimum atomic E-state index is -0.698. The number of ether oxygens (including phenoxy) is 3. The Hall–Kier alpha value is -4.73. The van der Waals surface area contributed by atoms with E-state index < -0.39 is 16.8 Å².